The maximum absolute atomic E-state index is 10.7. The van der Waals surface area contributed by atoms with Gasteiger partial charge >= 0.3 is 0 Å². The minimum Gasteiger partial charge on any atom is -0.492 e. The van der Waals surface area contributed by atoms with Gasteiger partial charge in [-0.3, -0.25) is 0 Å². The van der Waals surface area contributed by atoms with Gasteiger partial charge in [-0.05, 0) is 6.42 Å². The van der Waals surface area contributed by atoms with Crippen LogP contribution < -0.4 is 24.7 Å². The molecule has 1 aromatic rings. The van der Waals surface area contributed by atoms with Crippen molar-refractivity contribution in [1.29, 1.82) is 0 Å². The van der Waals surface area contributed by atoms with Crippen LogP contribution in [0.5, 0.6) is 23.0 Å². The van der Waals surface area contributed by atoms with E-state index in [4.69, 9.17) is 24.7 Å². The maximum atomic E-state index is 10.7. The summed E-state index contributed by atoms with van der Waals surface area (Å²) in [7, 11) is 6.11. The average molecular weight is 283 g/mol. The van der Waals surface area contributed by atoms with Crippen LogP contribution in [0.25, 0.3) is 0 Å². The zero-order chi connectivity index (χ0) is 15.1. The smallest absolute Gasteiger partial charge is 0.207 e. The van der Waals surface area contributed by atoms with Gasteiger partial charge < -0.3 is 29.5 Å². The van der Waals surface area contributed by atoms with Crippen molar-refractivity contribution in [2.75, 3.05) is 28.4 Å². The number of hydrogen-bond donors (Lipinski definition) is 1. The molecule has 0 unspecified atom stereocenters. The lowest BCUT2D eigenvalue weighted by Gasteiger charge is -2.22. The van der Waals surface area contributed by atoms with Crippen LogP contribution in [0, 0.1) is 0 Å². The Morgan fingerprint density at radius 3 is 1.65 bits per heavy atom. The zero-order valence-electron chi connectivity index (χ0n) is 12.3. The quantitative estimate of drug-likeness (QED) is 0.725. The van der Waals surface area contributed by atoms with E-state index in [1.54, 1.807) is 0 Å². The van der Waals surface area contributed by atoms with Gasteiger partial charge in [0, 0.05) is 24.1 Å². The molecule has 20 heavy (non-hydrogen) atoms. The first kappa shape index (κ1) is 16.1. The lowest BCUT2D eigenvalue weighted by Crippen LogP contribution is -2.10. The molecule has 1 rings (SSSR count). The summed E-state index contributed by atoms with van der Waals surface area (Å²) in [5.74, 6) is 1.90. The first-order chi connectivity index (χ1) is 9.69. The topological polar surface area (TPSA) is 80.0 Å². The van der Waals surface area contributed by atoms with Gasteiger partial charge in [-0.15, -0.1) is 0 Å². The van der Waals surface area contributed by atoms with Gasteiger partial charge in [-0.25, -0.2) is 0 Å². The molecule has 0 aliphatic carbocycles. The lowest BCUT2D eigenvalue weighted by molar-refractivity contribution is -0.107. The summed E-state index contributed by atoms with van der Waals surface area (Å²) >= 11 is 0. The maximum Gasteiger partial charge on any atom is 0.207 e. The van der Waals surface area contributed by atoms with Crippen LogP contribution in [0.3, 0.4) is 0 Å². The Morgan fingerprint density at radius 2 is 1.30 bits per heavy atom. The Labute approximate surface area is 118 Å². The number of rotatable bonds is 8. The highest BCUT2D eigenvalue weighted by Crippen LogP contribution is 2.49. The molecule has 0 saturated heterocycles. The van der Waals surface area contributed by atoms with Crippen molar-refractivity contribution < 1.29 is 23.7 Å². The molecule has 0 saturated carbocycles. The van der Waals surface area contributed by atoms with Crippen LogP contribution in [-0.4, -0.2) is 34.7 Å². The Bertz CT molecular complexity index is 440. The molecule has 0 atom stereocenters. The van der Waals surface area contributed by atoms with E-state index >= 15 is 0 Å². The number of carbonyl (C=O) groups is 1. The van der Waals surface area contributed by atoms with Crippen LogP contribution >= 0.6 is 0 Å². The third kappa shape index (κ3) is 2.80. The highest BCUT2D eigenvalue weighted by Gasteiger charge is 2.26. The fourth-order valence-electron chi connectivity index (χ4n) is 2.24. The Kier molecular flexibility index (Phi) is 6.11. The molecule has 0 heterocycles. The number of methoxy groups -OCH3 is 4. The number of ether oxygens (including phenoxy) is 4. The summed E-state index contributed by atoms with van der Waals surface area (Å²) in [5, 5.41) is 0. The van der Waals surface area contributed by atoms with Crippen molar-refractivity contribution in [2.45, 2.75) is 19.4 Å². The highest BCUT2D eigenvalue weighted by molar-refractivity contribution is 5.68. The normalized spacial score (nSPS) is 10.1. The number of nitrogens with two attached hydrogens (primary N) is 1. The molecule has 6 nitrogen and oxygen atoms in total. The van der Waals surface area contributed by atoms with E-state index in [0.717, 1.165) is 17.4 Å². The number of aldehydes is 1. The molecule has 0 spiro atoms. The predicted octanol–water partition coefficient (Wildman–Crippen LogP) is 1.31. The molecule has 0 radical (unpaired) electrons. The number of carbonyl (C=O) groups excluding carboxylic acids is 1. The van der Waals surface area contributed by atoms with E-state index in [9.17, 15) is 4.79 Å². The third-order valence-corrected chi connectivity index (χ3v) is 3.06. The van der Waals surface area contributed by atoms with Gasteiger partial charge in [-0.1, -0.05) is 0 Å². The van der Waals surface area contributed by atoms with Crippen molar-refractivity contribution in [2.24, 2.45) is 5.73 Å². The fourth-order valence-corrected chi connectivity index (χ4v) is 2.24. The summed E-state index contributed by atoms with van der Waals surface area (Å²) in [6.45, 7) is 0.244. The molecular formula is C14H21NO5. The summed E-state index contributed by atoms with van der Waals surface area (Å²) in [5.41, 5.74) is 7.37. The first-order valence-electron chi connectivity index (χ1n) is 6.21. The molecule has 1 aromatic carbocycles. The van der Waals surface area contributed by atoms with Crippen LogP contribution in [0.1, 0.15) is 17.5 Å². The summed E-state index contributed by atoms with van der Waals surface area (Å²) < 4.78 is 21.5. The molecular weight excluding hydrogens is 262 g/mol. The van der Waals surface area contributed by atoms with Crippen molar-refractivity contribution >= 4 is 6.29 Å². The van der Waals surface area contributed by atoms with E-state index < -0.39 is 0 Å². The van der Waals surface area contributed by atoms with Gasteiger partial charge in [0.15, 0.2) is 11.5 Å². The highest BCUT2D eigenvalue weighted by atomic mass is 16.5. The lowest BCUT2D eigenvalue weighted by atomic mass is 9.99. The largest absolute Gasteiger partial charge is 0.492 e. The van der Waals surface area contributed by atoms with E-state index in [0.29, 0.717) is 35.8 Å². The van der Waals surface area contributed by atoms with E-state index in [1.807, 2.05) is 0 Å². The van der Waals surface area contributed by atoms with Gasteiger partial charge in [0.1, 0.15) is 6.29 Å². The Balaban J connectivity index is 3.64. The third-order valence-electron chi connectivity index (χ3n) is 3.06. The van der Waals surface area contributed by atoms with Crippen LogP contribution in [0.4, 0.5) is 0 Å². The molecule has 0 aliphatic heterocycles. The standard InChI is InChI=1S/C14H21NO5/c1-17-11-9(6-5-7-16)10(8-15)12(18-2)14(20-4)13(11)19-3/h7H,5-6,8,15H2,1-4H3. The molecule has 0 aromatic heterocycles. The summed E-state index contributed by atoms with van der Waals surface area (Å²) in [4.78, 5) is 10.7. The fraction of sp³-hybridized carbons (Fsp3) is 0.500. The predicted molar refractivity (Wildman–Crippen MR) is 74.9 cm³/mol. The molecule has 0 bridgehead atoms. The van der Waals surface area contributed by atoms with Crippen molar-refractivity contribution in [3.63, 3.8) is 0 Å². The molecule has 112 valence electrons. The van der Waals surface area contributed by atoms with Gasteiger partial charge in [0.25, 0.3) is 0 Å². The van der Waals surface area contributed by atoms with Crippen LogP contribution in [-0.2, 0) is 17.8 Å². The van der Waals surface area contributed by atoms with Gasteiger partial charge in [-0.2, -0.15) is 0 Å². The van der Waals surface area contributed by atoms with Crippen molar-refractivity contribution in [3.8, 4) is 23.0 Å². The first-order valence-corrected chi connectivity index (χ1v) is 6.21. The minimum atomic E-state index is 0.244. The van der Waals surface area contributed by atoms with Crippen LogP contribution in [0.15, 0.2) is 0 Å². The minimum absolute atomic E-state index is 0.244. The molecule has 0 amide bonds. The van der Waals surface area contributed by atoms with Gasteiger partial charge in [0.2, 0.25) is 11.5 Å². The Hall–Kier alpha value is -1.95. The average Bonchev–Trinajstić information content (AvgIpc) is 2.49. The van der Waals surface area contributed by atoms with Gasteiger partial charge in [0.05, 0.1) is 28.4 Å². The summed E-state index contributed by atoms with van der Waals surface area (Å²) in [6.07, 6.45) is 1.71. The monoisotopic (exact) mass is 283 g/mol. The van der Waals surface area contributed by atoms with E-state index in [-0.39, 0.29) is 6.54 Å². The summed E-state index contributed by atoms with van der Waals surface area (Å²) in [6, 6.07) is 0. The molecule has 0 fully saturated rings. The SMILES string of the molecule is COc1c(CN)c(CCC=O)c(OC)c(OC)c1OC. The zero-order valence-corrected chi connectivity index (χ0v) is 12.3. The number of hydrogen-bond acceptors (Lipinski definition) is 6. The van der Waals surface area contributed by atoms with E-state index in [2.05, 4.69) is 0 Å². The Morgan fingerprint density at radius 1 is 0.850 bits per heavy atom. The van der Waals surface area contributed by atoms with E-state index in [1.165, 1.54) is 28.4 Å². The van der Waals surface area contributed by atoms with Crippen molar-refractivity contribution in [1.82, 2.24) is 0 Å². The second kappa shape index (κ2) is 7.59. The molecule has 0 aliphatic rings. The van der Waals surface area contributed by atoms with Crippen LogP contribution in [0.2, 0.25) is 0 Å². The second-order valence-electron chi connectivity index (χ2n) is 4.00. The second-order valence-corrected chi connectivity index (χ2v) is 4.00. The molecule has 6 heteroatoms. The molecule has 2 N–H and O–H groups in total. The van der Waals surface area contributed by atoms with Crippen molar-refractivity contribution in [3.05, 3.63) is 11.1 Å². The number of benzene rings is 1.